The van der Waals surface area contributed by atoms with Gasteiger partial charge in [0, 0.05) is 0 Å². The first-order chi connectivity index (χ1) is 6.92. The Labute approximate surface area is 88.1 Å². The molecule has 0 aromatic carbocycles. The van der Waals surface area contributed by atoms with Crippen molar-refractivity contribution in [2.75, 3.05) is 0 Å². The third-order valence-electron chi connectivity index (χ3n) is 2.36. The van der Waals surface area contributed by atoms with Crippen molar-refractivity contribution < 1.29 is 24.6 Å². The molecule has 0 atom stereocenters. The highest BCUT2D eigenvalue weighted by molar-refractivity contribution is 6.37. The summed E-state index contributed by atoms with van der Waals surface area (Å²) in [4.78, 5) is 32.7. The predicted molar refractivity (Wildman–Crippen MR) is 47.3 cm³/mol. The maximum absolute atomic E-state index is 11.3. The summed E-state index contributed by atoms with van der Waals surface area (Å²) >= 11 is 0. The smallest absolute Gasteiger partial charge is 0.189 e. The van der Waals surface area contributed by atoms with Crippen LogP contribution in [-0.2, 0) is 14.4 Å². The van der Waals surface area contributed by atoms with Gasteiger partial charge in [-0.15, -0.1) is 0 Å². The number of Topliss-reactive ketones (excluding diaryl/α,β-unsaturated/α-hetero) is 1. The Morgan fingerprint density at radius 2 is 1.40 bits per heavy atom. The summed E-state index contributed by atoms with van der Waals surface area (Å²) in [5.41, 5.74) is -1.91. The lowest BCUT2D eigenvalue weighted by molar-refractivity contribution is -0.322. The van der Waals surface area contributed by atoms with Gasteiger partial charge < -0.3 is 19.8 Å². The van der Waals surface area contributed by atoms with Crippen LogP contribution in [0.1, 0.15) is 39.5 Å². The van der Waals surface area contributed by atoms with E-state index in [4.69, 9.17) is 0 Å². The maximum Gasteiger partial charge on any atom is 0.189 e. The van der Waals surface area contributed by atoms with Crippen molar-refractivity contribution >= 4 is 17.7 Å². The number of carbonyl (C=O) groups is 3. The van der Waals surface area contributed by atoms with Gasteiger partial charge in [-0.3, -0.25) is 4.79 Å². The lowest BCUT2D eigenvalue weighted by Gasteiger charge is -2.33. The van der Waals surface area contributed by atoms with E-state index in [2.05, 4.69) is 0 Å². The van der Waals surface area contributed by atoms with Crippen LogP contribution in [0, 0.1) is 5.41 Å². The van der Waals surface area contributed by atoms with Crippen molar-refractivity contribution in [1.29, 1.82) is 0 Å². The zero-order chi connectivity index (χ0) is 12.1. The number of carbonyl (C=O) groups excluding carboxylic acids is 3. The molecule has 0 bridgehead atoms. The summed E-state index contributed by atoms with van der Waals surface area (Å²) in [5.74, 6) is -4.97. The molecular weight excluding hydrogens is 200 g/mol. The van der Waals surface area contributed by atoms with Gasteiger partial charge in [-0.25, -0.2) is 0 Å². The SMILES string of the molecule is CCCC(CCC)(C(=O)[O-])C(=O)C(=O)[O-]. The highest BCUT2D eigenvalue weighted by atomic mass is 16.4. The lowest BCUT2D eigenvalue weighted by Crippen LogP contribution is -2.53. The summed E-state index contributed by atoms with van der Waals surface area (Å²) in [6, 6.07) is 0. The number of hydrogen-bond donors (Lipinski definition) is 0. The van der Waals surface area contributed by atoms with Crippen LogP contribution in [-0.4, -0.2) is 17.7 Å². The Bertz CT molecular complexity index is 263. The fourth-order valence-corrected chi connectivity index (χ4v) is 1.70. The molecule has 0 radical (unpaired) electrons. The maximum atomic E-state index is 11.3. The molecule has 0 aromatic rings. The van der Waals surface area contributed by atoms with Crippen molar-refractivity contribution in [2.45, 2.75) is 39.5 Å². The molecule has 0 saturated carbocycles. The Balaban J connectivity index is 5.19. The van der Waals surface area contributed by atoms with Gasteiger partial charge >= 0.3 is 0 Å². The Morgan fingerprint density at radius 3 is 1.60 bits per heavy atom. The number of aliphatic carboxylic acids is 2. The number of ketones is 1. The van der Waals surface area contributed by atoms with Crippen LogP contribution in [0.15, 0.2) is 0 Å². The van der Waals surface area contributed by atoms with Gasteiger partial charge in [0.15, 0.2) is 5.78 Å². The highest BCUT2D eigenvalue weighted by Crippen LogP contribution is 2.30. The molecule has 0 N–H and O–H groups in total. The monoisotopic (exact) mass is 214 g/mol. The van der Waals surface area contributed by atoms with Gasteiger partial charge in [0.2, 0.25) is 0 Å². The van der Waals surface area contributed by atoms with Crippen molar-refractivity contribution in [3.05, 3.63) is 0 Å². The van der Waals surface area contributed by atoms with Gasteiger partial charge in [-0.1, -0.05) is 26.7 Å². The molecule has 0 rings (SSSR count). The van der Waals surface area contributed by atoms with E-state index in [-0.39, 0.29) is 12.8 Å². The summed E-state index contributed by atoms with van der Waals surface area (Å²) in [5, 5.41) is 21.4. The quantitative estimate of drug-likeness (QED) is 0.385. The second kappa shape index (κ2) is 5.48. The van der Waals surface area contributed by atoms with Crippen molar-refractivity contribution in [1.82, 2.24) is 0 Å². The van der Waals surface area contributed by atoms with Gasteiger partial charge in [-0.2, -0.15) is 0 Å². The molecule has 0 aliphatic heterocycles. The molecular formula is C10H14O5-2. The van der Waals surface area contributed by atoms with Crippen LogP contribution in [0.2, 0.25) is 0 Å². The molecule has 0 aliphatic rings. The highest BCUT2D eigenvalue weighted by Gasteiger charge is 2.38. The van der Waals surface area contributed by atoms with E-state index in [1.165, 1.54) is 0 Å². The summed E-state index contributed by atoms with van der Waals surface area (Å²) in [7, 11) is 0. The number of carboxylic acids is 2. The number of rotatable bonds is 7. The van der Waals surface area contributed by atoms with E-state index in [1.807, 2.05) is 0 Å². The van der Waals surface area contributed by atoms with Crippen molar-refractivity contribution in [2.24, 2.45) is 5.41 Å². The normalized spacial score (nSPS) is 11.1. The number of carboxylic acid groups (broad SMARTS) is 2. The minimum Gasteiger partial charge on any atom is -0.549 e. The van der Waals surface area contributed by atoms with Crippen molar-refractivity contribution in [3.63, 3.8) is 0 Å². The zero-order valence-corrected chi connectivity index (χ0v) is 8.87. The second-order valence-corrected chi connectivity index (χ2v) is 3.49. The van der Waals surface area contributed by atoms with E-state index in [1.54, 1.807) is 13.8 Å². The van der Waals surface area contributed by atoms with Crippen LogP contribution in [0.4, 0.5) is 0 Å². The van der Waals surface area contributed by atoms with Crippen LogP contribution in [0.25, 0.3) is 0 Å². The Kier molecular flexibility index (Phi) is 4.97. The third kappa shape index (κ3) is 2.78. The van der Waals surface area contributed by atoms with E-state index in [0.717, 1.165) is 0 Å². The van der Waals surface area contributed by atoms with E-state index in [9.17, 15) is 24.6 Å². The molecule has 5 nitrogen and oxygen atoms in total. The van der Waals surface area contributed by atoms with E-state index >= 15 is 0 Å². The fourth-order valence-electron chi connectivity index (χ4n) is 1.70. The summed E-state index contributed by atoms with van der Waals surface area (Å²) in [6.07, 6.45) is 0.728. The Morgan fingerprint density at radius 1 is 1.00 bits per heavy atom. The second-order valence-electron chi connectivity index (χ2n) is 3.49. The predicted octanol–water partition coefficient (Wildman–Crippen LogP) is -1.36. The molecule has 5 heteroatoms. The van der Waals surface area contributed by atoms with E-state index in [0.29, 0.717) is 12.8 Å². The first-order valence-electron chi connectivity index (χ1n) is 4.89. The third-order valence-corrected chi connectivity index (χ3v) is 2.36. The summed E-state index contributed by atoms with van der Waals surface area (Å²) < 4.78 is 0. The average Bonchev–Trinajstić information content (AvgIpc) is 2.15. The van der Waals surface area contributed by atoms with Gasteiger partial charge in [0.1, 0.15) is 5.97 Å². The Hall–Kier alpha value is -1.39. The molecule has 15 heavy (non-hydrogen) atoms. The first-order valence-corrected chi connectivity index (χ1v) is 4.89. The molecule has 0 fully saturated rings. The molecule has 0 unspecified atom stereocenters. The lowest BCUT2D eigenvalue weighted by atomic mass is 9.75. The summed E-state index contributed by atoms with van der Waals surface area (Å²) in [6.45, 7) is 3.35. The molecule has 0 aliphatic carbocycles. The van der Waals surface area contributed by atoms with Gasteiger partial charge in [0.05, 0.1) is 11.4 Å². The molecule has 0 saturated heterocycles. The van der Waals surface area contributed by atoms with E-state index < -0.39 is 23.1 Å². The fraction of sp³-hybridized carbons (Fsp3) is 0.700. The first kappa shape index (κ1) is 13.6. The van der Waals surface area contributed by atoms with Crippen LogP contribution >= 0.6 is 0 Å². The van der Waals surface area contributed by atoms with Gasteiger partial charge in [0.25, 0.3) is 0 Å². The standard InChI is InChI=1S/C10H16O5/c1-3-5-10(6-4-2,9(14)15)7(11)8(12)13/h3-6H2,1-2H3,(H,12,13)(H,14,15)/p-2. The van der Waals surface area contributed by atoms with Crippen LogP contribution in [0.5, 0.6) is 0 Å². The zero-order valence-electron chi connectivity index (χ0n) is 8.87. The molecule has 0 amide bonds. The minimum atomic E-state index is -1.96. The molecule has 0 aromatic heterocycles. The minimum absolute atomic E-state index is 0.0318. The number of hydrogen-bond acceptors (Lipinski definition) is 5. The average molecular weight is 214 g/mol. The van der Waals surface area contributed by atoms with Crippen molar-refractivity contribution in [3.8, 4) is 0 Å². The molecule has 86 valence electrons. The van der Waals surface area contributed by atoms with Crippen LogP contribution < -0.4 is 10.2 Å². The molecule has 0 heterocycles. The molecule has 0 spiro atoms. The van der Waals surface area contributed by atoms with Gasteiger partial charge in [-0.05, 0) is 12.8 Å². The topological polar surface area (TPSA) is 97.3 Å². The largest absolute Gasteiger partial charge is 0.549 e. The van der Waals surface area contributed by atoms with Crippen LogP contribution in [0.3, 0.4) is 0 Å².